The van der Waals surface area contributed by atoms with Gasteiger partial charge in [-0.25, -0.2) is 0 Å². The topological polar surface area (TPSA) is 38.0 Å². The van der Waals surface area contributed by atoms with E-state index in [0.717, 1.165) is 6.42 Å². The zero-order valence-corrected chi connectivity index (χ0v) is 11.8. The molecule has 0 saturated carbocycles. The molecule has 0 fully saturated rings. The zero-order chi connectivity index (χ0) is 13.1. The largest absolute Gasteiger partial charge is 0.330 e. The van der Waals surface area contributed by atoms with Gasteiger partial charge in [-0.3, -0.25) is 0 Å². The summed E-state index contributed by atoms with van der Waals surface area (Å²) in [5.41, 5.74) is 9.97. The maximum absolute atomic E-state index is 5.65. The summed E-state index contributed by atoms with van der Waals surface area (Å²) in [6, 6.07) is 7.15. The molecule has 0 amide bonds. The minimum absolute atomic E-state index is 0.215. The average Bonchev–Trinajstić information content (AvgIpc) is 2.25. The molecule has 0 aliphatic heterocycles. The molecule has 2 nitrogen and oxygen atoms in total. The number of nitrogens with one attached hydrogen (secondary N) is 1. The molecule has 0 aliphatic rings. The van der Waals surface area contributed by atoms with Crippen molar-refractivity contribution in [3.8, 4) is 0 Å². The summed E-state index contributed by atoms with van der Waals surface area (Å²) in [6.07, 6.45) is 0.978. The lowest BCUT2D eigenvalue weighted by atomic mass is 9.84. The second-order valence-electron chi connectivity index (χ2n) is 5.74. The van der Waals surface area contributed by atoms with Crippen molar-refractivity contribution >= 4 is 0 Å². The Kier molecular flexibility index (Phi) is 4.72. The van der Waals surface area contributed by atoms with E-state index in [0.29, 0.717) is 12.6 Å². The molecule has 0 bridgehead atoms. The van der Waals surface area contributed by atoms with Crippen molar-refractivity contribution in [2.24, 2.45) is 5.73 Å². The fourth-order valence-electron chi connectivity index (χ4n) is 2.16. The molecule has 1 rings (SSSR count). The molecule has 0 aromatic heterocycles. The van der Waals surface area contributed by atoms with Crippen molar-refractivity contribution in [2.45, 2.75) is 45.6 Å². The summed E-state index contributed by atoms with van der Waals surface area (Å²) < 4.78 is 0. The van der Waals surface area contributed by atoms with Crippen LogP contribution in [0.3, 0.4) is 0 Å². The molecule has 1 aromatic rings. The maximum atomic E-state index is 5.65. The van der Waals surface area contributed by atoms with E-state index in [2.05, 4.69) is 51.2 Å². The molecular weight excluding hydrogens is 208 g/mol. The van der Waals surface area contributed by atoms with Gasteiger partial charge in [0.25, 0.3) is 0 Å². The van der Waals surface area contributed by atoms with E-state index in [1.807, 2.05) is 7.05 Å². The number of benzene rings is 1. The quantitative estimate of drug-likeness (QED) is 0.840. The lowest BCUT2D eigenvalue weighted by Gasteiger charge is -2.23. The third-order valence-corrected chi connectivity index (χ3v) is 3.32. The molecule has 1 atom stereocenters. The first-order valence-electron chi connectivity index (χ1n) is 6.38. The van der Waals surface area contributed by atoms with Gasteiger partial charge in [-0.1, -0.05) is 39.0 Å². The van der Waals surface area contributed by atoms with Crippen molar-refractivity contribution < 1.29 is 0 Å². The first-order valence-corrected chi connectivity index (χ1v) is 6.38. The molecule has 17 heavy (non-hydrogen) atoms. The Bertz CT molecular complexity index is 364. The number of aryl methyl sites for hydroxylation is 1. The second-order valence-corrected chi connectivity index (χ2v) is 5.74. The minimum Gasteiger partial charge on any atom is -0.330 e. The number of nitrogens with two attached hydrogens (primary N) is 1. The van der Waals surface area contributed by atoms with Crippen LogP contribution in [0.2, 0.25) is 0 Å². The Morgan fingerprint density at radius 2 is 1.94 bits per heavy atom. The summed E-state index contributed by atoms with van der Waals surface area (Å²) in [7, 11) is 2.00. The molecule has 0 spiro atoms. The van der Waals surface area contributed by atoms with Gasteiger partial charge in [0.1, 0.15) is 0 Å². The van der Waals surface area contributed by atoms with E-state index < -0.39 is 0 Å². The Labute approximate surface area is 106 Å². The molecule has 0 saturated heterocycles. The van der Waals surface area contributed by atoms with Gasteiger partial charge in [-0.2, -0.15) is 0 Å². The highest BCUT2D eigenvalue weighted by atomic mass is 14.9. The fourth-order valence-corrected chi connectivity index (χ4v) is 2.16. The Morgan fingerprint density at radius 1 is 1.29 bits per heavy atom. The predicted octanol–water partition coefficient (Wildman–Crippen LogP) is 2.90. The molecule has 1 unspecified atom stereocenters. The van der Waals surface area contributed by atoms with E-state index >= 15 is 0 Å². The summed E-state index contributed by atoms with van der Waals surface area (Å²) in [5, 5.41) is 3.34. The van der Waals surface area contributed by atoms with Crippen LogP contribution in [0.4, 0.5) is 0 Å². The van der Waals surface area contributed by atoms with Crippen molar-refractivity contribution in [2.75, 3.05) is 13.6 Å². The summed E-state index contributed by atoms with van der Waals surface area (Å²) >= 11 is 0. The minimum atomic E-state index is 0.215. The fraction of sp³-hybridized carbons (Fsp3) is 0.600. The van der Waals surface area contributed by atoms with Crippen LogP contribution in [0.25, 0.3) is 0 Å². The molecular formula is C15H26N2. The van der Waals surface area contributed by atoms with Crippen molar-refractivity contribution in [3.05, 3.63) is 34.9 Å². The standard InChI is InChI=1S/C15H26N2/c1-11-10-12(15(2,3)4)6-7-13(11)14(17-5)8-9-16/h6-7,10,14,17H,8-9,16H2,1-5H3. The third-order valence-electron chi connectivity index (χ3n) is 3.32. The monoisotopic (exact) mass is 234 g/mol. The van der Waals surface area contributed by atoms with Crippen molar-refractivity contribution in [1.82, 2.24) is 5.32 Å². The first-order chi connectivity index (χ1) is 7.90. The maximum Gasteiger partial charge on any atom is 0.0332 e. The van der Waals surface area contributed by atoms with E-state index in [9.17, 15) is 0 Å². The number of rotatable bonds is 4. The van der Waals surface area contributed by atoms with Crippen LogP contribution in [-0.4, -0.2) is 13.6 Å². The molecule has 0 heterocycles. The van der Waals surface area contributed by atoms with Gasteiger partial charge in [-0.15, -0.1) is 0 Å². The molecule has 1 aromatic carbocycles. The smallest absolute Gasteiger partial charge is 0.0332 e. The van der Waals surface area contributed by atoms with Crippen LogP contribution < -0.4 is 11.1 Å². The van der Waals surface area contributed by atoms with Gasteiger partial charge in [0.2, 0.25) is 0 Å². The summed E-state index contributed by atoms with van der Waals surface area (Å²) in [5.74, 6) is 0. The van der Waals surface area contributed by atoms with Crippen LogP contribution in [-0.2, 0) is 5.41 Å². The van der Waals surface area contributed by atoms with Crippen LogP contribution in [0.15, 0.2) is 18.2 Å². The molecule has 0 radical (unpaired) electrons. The van der Waals surface area contributed by atoms with E-state index in [4.69, 9.17) is 5.73 Å². The third kappa shape index (κ3) is 3.55. The molecule has 3 N–H and O–H groups in total. The lowest BCUT2D eigenvalue weighted by Crippen LogP contribution is -2.21. The Morgan fingerprint density at radius 3 is 2.35 bits per heavy atom. The van der Waals surface area contributed by atoms with Gasteiger partial charge < -0.3 is 11.1 Å². The van der Waals surface area contributed by atoms with Gasteiger partial charge in [0.15, 0.2) is 0 Å². The Hall–Kier alpha value is -0.860. The normalized spacial score (nSPS) is 13.8. The highest BCUT2D eigenvalue weighted by Gasteiger charge is 2.16. The van der Waals surface area contributed by atoms with Gasteiger partial charge >= 0.3 is 0 Å². The SMILES string of the molecule is CNC(CCN)c1ccc(C(C)(C)C)cc1C. The van der Waals surface area contributed by atoms with Crippen LogP contribution in [0, 0.1) is 6.92 Å². The van der Waals surface area contributed by atoms with E-state index in [-0.39, 0.29) is 5.41 Å². The van der Waals surface area contributed by atoms with Crippen molar-refractivity contribution in [3.63, 3.8) is 0 Å². The van der Waals surface area contributed by atoms with Gasteiger partial charge in [0.05, 0.1) is 0 Å². The molecule has 0 aliphatic carbocycles. The zero-order valence-electron chi connectivity index (χ0n) is 11.8. The first kappa shape index (κ1) is 14.2. The highest BCUT2D eigenvalue weighted by molar-refractivity contribution is 5.36. The van der Waals surface area contributed by atoms with E-state index in [1.54, 1.807) is 0 Å². The van der Waals surface area contributed by atoms with Gasteiger partial charge in [-0.05, 0) is 49.0 Å². The van der Waals surface area contributed by atoms with Crippen LogP contribution in [0.1, 0.15) is 49.9 Å². The van der Waals surface area contributed by atoms with Crippen LogP contribution in [0.5, 0.6) is 0 Å². The van der Waals surface area contributed by atoms with Crippen LogP contribution >= 0.6 is 0 Å². The Balaban J connectivity index is 3.04. The second kappa shape index (κ2) is 5.65. The molecule has 2 heteroatoms. The molecule has 96 valence electrons. The number of hydrogen-bond acceptors (Lipinski definition) is 2. The average molecular weight is 234 g/mol. The highest BCUT2D eigenvalue weighted by Crippen LogP contribution is 2.27. The van der Waals surface area contributed by atoms with Gasteiger partial charge in [0, 0.05) is 6.04 Å². The predicted molar refractivity (Wildman–Crippen MR) is 75.4 cm³/mol. The lowest BCUT2D eigenvalue weighted by molar-refractivity contribution is 0.550. The van der Waals surface area contributed by atoms with E-state index in [1.165, 1.54) is 16.7 Å². The number of hydrogen-bond donors (Lipinski definition) is 2. The summed E-state index contributed by atoms with van der Waals surface area (Å²) in [6.45, 7) is 9.64. The summed E-state index contributed by atoms with van der Waals surface area (Å²) in [4.78, 5) is 0. The van der Waals surface area contributed by atoms with Crippen molar-refractivity contribution in [1.29, 1.82) is 0 Å².